The molecular formula is C24H19FN2O4. The molecule has 0 amide bonds. The summed E-state index contributed by atoms with van der Waals surface area (Å²) in [5.74, 6) is -1.57. The minimum absolute atomic E-state index is 0.0262. The minimum atomic E-state index is -0.796. The van der Waals surface area contributed by atoms with E-state index in [2.05, 4.69) is 4.98 Å². The normalized spacial score (nSPS) is 10.9. The van der Waals surface area contributed by atoms with Crippen LogP contribution in [0.3, 0.4) is 0 Å². The average molecular weight is 418 g/mol. The molecule has 6 nitrogen and oxygen atoms in total. The SMILES string of the molecule is Cc1cc(C(=O)COC(=O)c2cc(=O)c3ccccc3[nH]2)c(C)n1-c1cccc(F)c1. The van der Waals surface area contributed by atoms with Crippen LogP contribution in [0.5, 0.6) is 0 Å². The second-order valence-electron chi connectivity index (χ2n) is 7.19. The molecule has 0 fully saturated rings. The number of H-pyrrole nitrogens is 1. The molecule has 0 aliphatic heterocycles. The molecule has 2 heterocycles. The van der Waals surface area contributed by atoms with Gasteiger partial charge in [-0.2, -0.15) is 0 Å². The first-order chi connectivity index (χ1) is 14.8. The van der Waals surface area contributed by atoms with Crippen molar-refractivity contribution in [2.24, 2.45) is 0 Å². The Hall–Kier alpha value is -4.00. The molecule has 156 valence electrons. The van der Waals surface area contributed by atoms with Gasteiger partial charge in [0.2, 0.25) is 5.78 Å². The number of hydrogen-bond acceptors (Lipinski definition) is 4. The summed E-state index contributed by atoms with van der Waals surface area (Å²) in [6, 6.07) is 15.7. The molecule has 0 bridgehead atoms. The van der Waals surface area contributed by atoms with Crippen molar-refractivity contribution >= 4 is 22.7 Å². The first-order valence-electron chi connectivity index (χ1n) is 9.62. The lowest BCUT2D eigenvalue weighted by Crippen LogP contribution is -2.17. The number of benzene rings is 2. The van der Waals surface area contributed by atoms with E-state index in [1.54, 1.807) is 60.9 Å². The Balaban J connectivity index is 1.54. The molecule has 31 heavy (non-hydrogen) atoms. The number of fused-ring (bicyclic) bond motifs is 1. The molecule has 1 N–H and O–H groups in total. The van der Waals surface area contributed by atoms with E-state index >= 15 is 0 Å². The van der Waals surface area contributed by atoms with Crippen molar-refractivity contribution in [3.8, 4) is 5.69 Å². The van der Waals surface area contributed by atoms with Gasteiger partial charge < -0.3 is 14.3 Å². The summed E-state index contributed by atoms with van der Waals surface area (Å²) in [7, 11) is 0. The van der Waals surface area contributed by atoms with E-state index in [1.807, 2.05) is 0 Å². The number of carbonyl (C=O) groups is 2. The van der Waals surface area contributed by atoms with Crippen molar-refractivity contribution in [3.63, 3.8) is 0 Å². The van der Waals surface area contributed by atoms with E-state index in [0.717, 1.165) is 11.8 Å². The number of aryl methyl sites for hydroxylation is 1. The Morgan fingerprint density at radius 3 is 2.58 bits per heavy atom. The monoisotopic (exact) mass is 418 g/mol. The minimum Gasteiger partial charge on any atom is -0.453 e. The fourth-order valence-electron chi connectivity index (χ4n) is 3.65. The molecule has 0 radical (unpaired) electrons. The van der Waals surface area contributed by atoms with Crippen LogP contribution in [0.4, 0.5) is 4.39 Å². The van der Waals surface area contributed by atoms with Crippen LogP contribution in [-0.4, -0.2) is 27.9 Å². The Labute approximate surface area is 176 Å². The maximum Gasteiger partial charge on any atom is 0.355 e. The smallest absolute Gasteiger partial charge is 0.355 e. The van der Waals surface area contributed by atoms with Gasteiger partial charge in [0.25, 0.3) is 0 Å². The maximum absolute atomic E-state index is 13.6. The highest BCUT2D eigenvalue weighted by atomic mass is 19.1. The summed E-state index contributed by atoms with van der Waals surface area (Å²) in [5, 5.41) is 0.458. The number of ether oxygens (including phenoxy) is 1. The Morgan fingerprint density at radius 2 is 1.81 bits per heavy atom. The van der Waals surface area contributed by atoms with Crippen molar-refractivity contribution in [1.29, 1.82) is 0 Å². The highest BCUT2D eigenvalue weighted by Gasteiger charge is 2.19. The third-order valence-electron chi connectivity index (χ3n) is 5.09. The summed E-state index contributed by atoms with van der Waals surface area (Å²) in [6.07, 6.45) is 0. The number of pyridine rings is 1. The van der Waals surface area contributed by atoms with E-state index < -0.39 is 18.4 Å². The lowest BCUT2D eigenvalue weighted by molar-refractivity contribution is 0.0469. The number of carbonyl (C=O) groups excluding carboxylic acids is 2. The van der Waals surface area contributed by atoms with E-state index in [-0.39, 0.29) is 16.9 Å². The summed E-state index contributed by atoms with van der Waals surface area (Å²) in [4.78, 5) is 40.1. The zero-order chi connectivity index (χ0) is 22.1. The number of nitrogens with zero attached hydrogens (tertiary/aromatic N) is 1. The molecule has 7 heteroatoms. The zero-order valence-corrected chi connectivity index (χ0v) is 16.9. The van der Waals surface area contributed by atoms with Gasteiger partial charge in [-0.1, -0.05) is 18.2 Å². The number of nitrogens with one attached hydrogen (secondary N) is 1. The zero-order valence-electron chi connectivity index (χ0n) is 16.9. The van der Waals surface area contributed by atoms with Crippen LogP contribution in [0.15, 0.2) is 65.5 Å². The first kappa shape index (κ1) is 20.3. The van der Waals surface area contributed by atoms with Crippen molar-refractivity contribution < 1.29 is 18.7 Å². The molecule has 0 spiro atoms. The molecular weight excluding hydrogens is 399 g/mol. The van der Waals surface area contributed by atoms with Gasteiger partial charge >= 0.3 is 5.97 Å². The predicted octanol–water partition coefficient (Wildman–Crippen LogP) is 4.11. The van der Waals surface area contributed by atoms with Crippen LogP contribution in [0.2, 0.25) is 0 Å². The molecule has 4 aromatic rings. The third kappa shape index (κ3) is 3.90. The van der Waals surface area contributed by atoms with Crippen molar-refractivity contribution in [2.75, 3.05) is 6.61 Å². The van der Waals surface area contributed by atoms with Crippen LogP contribution in [-0.2, 0) is 4.74 Å². The highest BCUT2D eigenvalue weighted by Crippen LogP contribution is 2.22. The molecule has 0 atom stereocenters. The number of para-hydroxylation sites is 1. The number of aromatic amines is 1. The van der Waals surface area contributed by atoms with Gasteiger partial charge in [0, 0.05) is 39.6 Å². The van der Waals surface area contributed by atoms with E-state index in [4.69, 9.17) is 4.74 Å². The summed E-state index contributed by atoms with van der Waals surface area (Å²) < 4.78 is 20.5. The number of esters is 1. The Morgan fingerprint density at radius 1 is 1.03 bits per heavy atom. The van der Waals surface area contributed by atoms with E-state index in [1.165, 1.54) is 12.1 Å². The van der Waals surface area contributed by atoms with Crippen LogP contribution in [0, 0.1) is 19.7 Å². The standard InChI is InChI=1S/C24H19FN2O4/c1-14-10-19(15(2)27(14)17-7-5-6-16(25)11-17)23(29)13-31-24(30)21-12-22(28)18-8-3-4-9-20(18)26-21/h3-12H,13H2,1-2H3,(H,26,28). The Bertz CT molecular complexity index is 1380. The van der Waals surface area contributed by atoms with Crippen LogP contribution < -0.4 is 5.43 Å². The second-order valence-corrected chi connectivity index (χ2v) is 7.19. The quantitative estimate of drug-likeness (QED) is 0.391. The van der Waals surface area contributed by atoms with Gasteiger partial charge in [0.05, 0.1) is 0 Å². The molecule has 2 aromatic heterocycles. The molecule has 2 aromatic carbocycles. The summed E-state index contributed by atoms with van der Waals surface area (Å²) in [6.45, 7) is 3.06. The fourth-order valence-corrected chi connectivity index (χ4v) is 3.65. The molecule has 4 rings (SSSR count). The summed E-state index contributed by atoms with van der Waals surface area (Å²) in [5.41, 5.74) is 2.50. The van der Waals surface area contributed by atoms with Crippen LogP contribution >= 0.6 is 0 Å². The van der Waals surface area contributed by atoms with Gasteiger partial charge in [0.15, 0.2) is 12.0 Å². The Kier molecular flexibility index (Phi) is 5.25. The van der Waals surface area contributed by atoms with Crippen molar-refractivity contribution in [2.45, 2.75) is 13.8 Å². The van der Waals surface area contributed by atoms with Crippen LogP contribution in [0.1, 0.15) is 32.2 Å². The third-order valence-corrected chi connectivity index (χ3v) is 5.09. The lowest BCUT2D eigenvalue weighted by Gasteiger charge is -2.10. The predicted molar refractivity (Wildman–Crippen MR) is 114 cm³/mol. The van der Waals surface area contributed by atoms with Gasteiger partial charge in [-0.05, 0) is 50.2 Å². The largest absolute Gasteiger partial charge is 0.453 e. The van der Waals surface area contributed by atoms with E-state index in [0.29, 0.717) is 27.8 Å². The van der Waals surface area contributed by atoms with Gasteiger partial charge in [-0.25, -0.2) is 9.18 Å². The molecule has 0 aliphatic carbocycles. The number of hydrogen-bond donors (Lipinski definition) is 1. The number of Topliss-reactive ketones (excluding diaryl/α,β-unsaturated/α-hetero) is 1. The molecule has 0 saturated carbocycles. The van der Waals surface area contributed by atoms with Gasteiger partial charge in [0.1, 0.15) is 11.5 Å². The van der Waals surface area contributed by atoms with Gasteiger partial charge in [-0.3, -0.25) is 9.59 Å². The maximum atomic E-state index is 13.6. The van der Waals surface area contributed by atoms with Crippen molar-refractivity contribution in [1.82, 2.24) is 9.55 Å². The number of aromatic nitrogens is 2. The van der Waals surface area contributed by atoms with E-state index in [9.17, 15) is 18.8 Å². The average Bonchev–Trinajstić information content (AvgIpc) is 3.05. The summed E-state index contributed by atoms with van der Waals surface area (Å²) >= 11 is 0. The van der Waals surface area contributed by atoms with Gasteiger partial charge in [-0.15, -0.1) is 0 Å². The topological polar surface area (TPSA) is 81.2 Å². The molecule has 0 saturated heterocycles. The highest BCUT2D eigenvalue weighted by molar-refractivity contribution is 6.00. The molecule has 0 aliphatic rings. The number of rotatable bonds is 5. The van der Waals surface area contributed by atoms with Crippen LogP contribution in [0.25, 0.3) is 16.6 Å². The fraction of sp³-hybridized carbons (Fsp3) is 0.125. The second kappa shape index (κ2) is 8.02. The number of halogens is 1. The first-order valence-corrected chi connectivity index (χ1v) is 9.62. The molecule has 0 unspecified atom stereocenters. The number of ketones is 1. The van der Waals surface area contributed by atoms with Crippen molar-refractivity contribution in [3.05, 3.63) is 99.3 Å². The lowest BCUT2D eigenvalue weighted by atomic mass is 10.1.